The third-order valence-corrected chi connectivity index (χ3v) is 4.80. The van der Waals surface area contributed by atoms with Gasteiger partial charge in [-0.1, -0.05) is 30.3 Å². The molecular formula is C17H16FNO3S. The molecule has 0 saturated carbocycles. The normalized spacial score (nSPS) is 11.5. The third-order valence-electron chi connectivity index (χ3n) is 3.07. The number of amides is 1. The summed E-state index contributed by atoms with van der Waals surface area (Å²) in [5.74, 6) is -0.928. The van der Waals surface area contributed by atoms with Gasteiger partial charge in [0, 0.05) is 12.6 Å². The molecule has 2 rings (SSSR count). The maximum Gasteiger partial charge on any atom is 0.244 e. The van der Waals surface area contributed by atoms with Crippen LogP contribution in [0, 0.1) is 5.82 Å². The Kier molecular flexibility index (Phi) is 5.65. The van der Waals surface area contributed by atoms with Crippen molar-refractivity contribution in [2.75, 3.05) is 12.3 Å². The molecule has 0 aromatic heterocycles. The van der Waals surface area contributed by atoms with E-state index in [0.29, 0.717) is 5.56 Å². The summed E-state index contributed by atoms with van der Waals surface area (Å²) < 4.78 is 36.8. The molecule has 0 aliphatic heterocycles. The predicted molar refractivity (Wildman–Crippen MR) is 86.9 cm³/mol. The molecule has 4 nitrogen and oxygen atoms in total. The van der Waals surface area contributed by atoms with E-state index >= 15 is 0 Å². The van der Waals surface area contributed by atoms with Gasteiger partial charge in [-0.2, -0.15) is 0 Å². The fourth-order valence-electron chi connectivity index (χ4n) is 1.86. The summed E-state index contributed by atoms with van der Waals surface area (Å²) in [6, 6.07) is 13.7. The van der Waals surface area contributed by atoms with E-state index < -0.39 is 15.7 Å². The highest BCUT2D eigenvalue weighted by molar-refractivity contribution is 7.91. The average Bonchev–Trinajstić information content (AvgIpc) is 2.55. The quantitative estimate of drug-likeness (QED) is 0.826. The Morgan fingerprint density at radius 3 is 2.35 bits per heavy atom. The minimum Gasteiger partial charge on any atom is -0.352 e. The molecule has 120 valence electrons. The smallest absolute Gasteiger partial charge is 0.244 e. The second kappa shape index (κ2) is 7.69. The zero-order valence-electron chi connectivity index (χ0n) is 12.3. The number of benzene rings is 2. The van der Waals surface area contributed by atoms with Crippen molar-refractivity contribution >= 4 is 21.8 Å². The minimum absolute atomic E-state index is 0.0177. The lowest BCUT2D eigenvalue weighted by atomic mass is 10.2. The number of hydrogen-bond acceptors (Lipinski definition) is 3. The summed E-state index contributed by atoms with van der Waals surface area (Å²) >= 11 is 0. The van der Waals surface area contributed by atoms with Gasteiger partial charge in [0.05, 0.1) is 10.6 Å². The van der Waals surface area contributed by atoms with Gasteiger partial charge >= 0.3 is 0 Å². The van der Waals surface area contributed by atoms with Crippen LogP contribution in [-0.4, -0.2) is 26.6 Å². The number of hydrogen-bond donors (Lipinski definition) is 1. The van der Waals surface area contributed by atoms with Crippen molar-refractivity contribution in [3.63, 3.8) is 0 Å². The first-order valence-corrected chi connectivity index (χ1v) is 8.62. The number of nitrogens with one attached hydrogen (secondary N) is 1. The van der Waals surface area contributed by atoms with E-state index in [1.54, 1.807) is 30.3 Å². The molecule has 1 N–H and O–H groups in total. The standard InChI is InChI=1S/C17H16FNO3S/c18-15-9-6-14(7-10-15)8-11-17(20)19-12-13-23(21,22)16-4-2-1-3-5-16/h1-11H,12-13H2,(H,19,20). The van der Waals surface area contributed by atoms with Crippen LogP contribution in [-0.2, 0) is 14.6 Å². The molecule has 2 aromatic carbocycles. The van der Waals surface area contributed by atoms with Crippen LogP contribution in [0.4, 0.5) is 4.39 Å². The highest BCUT2D eigenvalue weighted by atomic mass is 32.2. The van der Waals surface area contributed by atoms with Crippen molar-refractivity contribution < 1.29 is 17.6 Å². The van der Waals surface area contributed by atoms with E-state index in [2.05, 4.69) is 5.32 Å². The topological polar surface area (TPSA) is 63.2 Å². The molecule has 0 heterocycles. The molecule has 0 unspecified atom stereocenters. The molecular weight excluding hydrogens is 317 g/mol. The molecule has 0 saturated heterocycles. The second-order valence-corrected chi connectivity index (χ2v) is 6.92. The van der Waals surface area contributed by atoms with Crippen molar-refractivity contribution in [2.24, 2.45) is 0 Å². The summed E-state index contributed by atoms with van der Waals surface area (Å²) in [5.41, 5.74) is 0.679. The maximum absolute atomic E-state index is 12.7. The molecule has 0 aliphatic rings. The predicted octanol–water partition coefficient (Wildman–Crippen LogP) is 2.43. The first-order valence-electron chi connectivity index (χ1n) is 6.97. The van der Waals surface area contributed by atoms with E-state index in [9.17, 15) is 17.6 Å². The number of halogens is 1. The highest BCUT2D eigenvalue weighted by Crippen LogP contribution is 2.09. The molecule has 0 radical (unpaired) electrons. The van der Waals surface area contributed by atoms with E-state index in [0.717, 1.165) is 0 Å². The lowest BCUT2D eigenvalue weighted by Gasteiger charge is -2.05. The summed E-state index contributed by atoms with van der Waals surface area (Å²) in [6.07, 6.45) is 2.81. The summed E-state index contributed by atoms with van der Waals surface area (Å²) in [4.78, 5) is 11.9. The first kappa shape index (κ1) is 16.9. The number of sulfone groups is 1. The molecule has 2 aromatic rings. The van der Waals surface area contributed by atoms with Crippen LogP contribution in [0.15, 0.2) is 65.6 Å². The zero-order valence-corrected chi connectivity index (χ0v) is 13.1. The largest absolute Gasteiger partial charge is 0.352 e. The van der Waals surface area contributed by atoms with Crippen LogP contribution < -0.4 is 5.32 Å². The van der Waals surface area contributed by atoms with Crippen LogP contribution in [0.2, 0.25) is 0 Å². The maximum atomic E-state index is 12.7. The van der Waals surface area contributed by atoms with E-state index in [4.69, 9.17) is 0 Å². The van der Waals surface area contributed by atoms with Gasteiger partial charge in [-0.15, -0.1) is 0 Å². The van der Waals surface area contributed by atoms with Gasteiger partial charge in [-0.3, -0.25) is 4.79 Å². The average molecular weight is 333 g/mol. The second-order valence-electron chi connectivity index (χ2n) is 4.81. The lowest BCUT2D eigenvalue weighted by Crippen LogP contribution is -2.27. The van der Waals surface area contributed by atoms with Gasteiger partial charge in [0.25, 0.3) is 0 Å². The summed E-state index contributed by atoms with van der Waals surface area (Å²) in [7, 11) is -3.41. The van der Waals surface area contributed by atoms with Crippen molar-refractivity contribution in [3.05, 3.63) is 72.1 Å². The van der Waals surface area contributed by atoms with Crippen molar-refractivity contribution in [1.29, 1.82) is 0 Å². The molecule has 0 aliphatic carbocycles. The number of carbonyl (C=O) groups excluding carboxylic acids is 1. The SMILES string of the molecule is O=C(C=Cc1ccc(F)cc1)NCCS(=O)(=O)c1ccccc1. The van der Waals surface area contributed by atoms with Crippen LogP contribution >= 0.6 is 0 Å². The lowest BCUT2D eigenvalue weighted by molar-refractivity contribution is -0.116. The molecule has 0 atom stereocenters. The molecule has 6 heteroatoms. The highest BCUT2D eigenvalue weighted by Gasteiger charge is 2.13. The van der Waals surface area contributed by atoms with Gasteiger partial charge in [0.15, 0.2) is 9.84 Å². The summed E-state index contributed by atoms with van der Waals surface area (Å²) in [5, 5.41) is 2.51. The Morgan fingerprint density at radius 1 is 1.04 bits per heavy atom. The Bertz CT molecular complexity index is 784. The number of carbonyl (C=O) groups is 1. The molecule has 23 heavy (non-hydrogen) atoms. The monoisotopic (exact) mass is 333 g/mol. The van der Waals surface area contributed by atoms with Crippen LogP contribution in [0.5, 0.6) is 0 Å². The Morgan fingerprint density at radius 2 is 1.70 bits per heavy atom. The molecule has 0 fully saturated rings. The van der Waals surface area contributed by atoms with E-state index in [1.807, 2.05) is 0 Å². The Balaban J connectivity index is 1.84. The fraction of sp³-hybridized carbons (Fsp3) is 0.118. The zero-order chi connectivity index (χ0) is 16.7. The van der Waals surface area contributed by atoms with Crippen molar-refractivity contribution in [3.8, 4) is 0 Å². The van der Waals surface area contributed by atoms with Crippen LogP contribution in [0.3, 0.4) is 0 Å². The molecule has 0 bridgehead atoms. The minimum atomic E-state index is -3.41. The molecule has 0 spiro atoms. The van der Waals surface area contributed by atoms with Gasteiger partial charge in [-0.25, -0.2) is 12.8 Å². The van der Waals surface area contributed by atoms with E-state index in [-0.39, 0.29) is 23.0 Å². The Hall–Kier alpha value is -2.47. The first-order chi connectivity index (χ1) is 11.0. The van der Waals surface area contributed by atoms with Crippen LogP contribution in [0.25, 0.3) is 6.08 Å². The van der Waals surface area contributed by atoms with E-state index in [1.165, 1.54) is 36.4 Å². The van der Waals surface area contributed by atoms with Crippen molar-refractivity contribution in [2.45, 2.75) is 4.90 Å². The molecule has 1 amide bonds. The Labute approximate surface area is 134 Å². The van der Waals surface area contributed by atoms with Gasteiger partial charge in [0.1, 0.15) is 5.82 Å². The van der Waals surface area contributed by atoms with Crippen LogP contribution in [0.1, 0.15) is 5.56 Å². The van der Waals surface area contributed by atoms with Crippen molar-refractivity contribution in [1.82, 2.24) is 5.32 Å². The number of rotatable bonds is 6. The van der Waals surface area contributed by atoms with Gasteiger partial charge in [-0.05, 0) is 35.9 Å². The summed E-state index contributed by atoms with van der Waals surface area (Å²) in [6.45, 7) is 0.0177. The van der Waals surface area contributed by atoms with Gasteiger partial charge in [0.2, 0.25) is 5.91 Å². The fourth-order valence-corrected chi connectivity index (χ4v) is 3.04. The third kappa shape index (κ3) is 5.34. The van der Waals surface area contributed by atoms with Gasteiger partial charge < -0.3 is 5.32 Å².